The number of anilines is 2. The molecule has 2 aromatic rings. The predicted octanol–water partition coefficient (Wildman–Crippen LogP) is 4.77. The molecule has 6 rings (SSSR count). The molecule has 266 valence electrons. The largest absolute Gasteiger partial charge is 0.493 e. The van der Waals surface area contributed by atoms with E-state index in [1.54, 1.807) is 13.1 Å². The fourth-order valence-corrected chi connectivity index (χ4v) is 7.30. The number of hydrogen-bond donors (Lipinski definition) is 1. The molecule has 49 heavy (non-hydrogen) atoms. The average Bonchev–Trinajstić information content (AvgIpc) is 3.09. The van der Waals surface area contributed by atoms with Crippen LogP contribution in [0.1, 0.15) is 48.9 Å². The molecule has 0 bridgehead atoms. The zero-order valence-corrected chi connectivity index (χ0v) is 28.0. The summed E-state index contributed by atoms with van der Waals surface area (Å²) in [6.07, 6.45) is 6.05. The summed E-state index contributed by atoms with van der Waals surface area (Å²) in [6, 6.07) is 7.78. The number of halogens is 2. The lowest BCUT2D eigenvalue weighted by Crippen LogP contribution is -2.64. The summed E-state index contributed by atoms with van der Waals surface area (Å²) < 4.78 is 46.8. The van der Waals surface area contributed by atoms with Gasteiger partial charge in [-0.1, -0.05) is 0 Å². The van der Waals surface area contributed by atoms with Crippen molar-refractivity contribution in [1.29, 1.82) is 0 Å². The van der Waals surface area contributed by atoms with E-state index in [4.69, 9.17) is 14.2 Å². The van der Waals surface area contributed by atoms with Crippen LogP contribution in [0.25, 0.3) is 0 Å². The van der Waals surface area contributed by atoms with Gasteiger partial charge in [-0.25, -0.2) is 8.78 Å². The Bertz CT molecular complexity index is 1490. The molecule has 0 unspecified atom stereocenters. The minimum Gasteiger partial charge on any atom is -0.493 e. The van der Waals surface area contributed by atoms with Crippen LogP contribution in [0.15, 0.2) is 35.3 Å². The quantitative estimate of drug-likeness (QED) is 0.110. The fraction of sp³-hybridized carbons (Fsp3) is 0.600. The van der Waals surface area contributed by atoms with Crippen LogP contribution in [-0.2, 0) is 9.47 Å². The molecule has 0 aromatic heterocycles. The smallest absolute Gasteiger partial charge is 0.272 e. The topological polar surface area (TPSA) is 122 Å². The number of hydrogen-bond acceptors (Lipinski definition) is 10. The third-order valence-electron chi connectivity index (χ3n) is 10.4. The molecule has 4 fully saturated rings. The first-order valence-corrected chi connectivity index (χ1v) is 17.3. The second kappa shape index (κ2) is 16.3. The van der Waals surface area contributed by atoms with Gasteiger partial charge in [0, 0.05) is 76.7 Å². The van der Waals surface area contributed by atoms with Gasteiger partial charge in [0.25, 0.3) is 5.69 Å². The number of amidine groups is 1. The normalized spacial score (nSPS) is 21.0. The lowest BCUT2D eigenvalue weighted by molar-refractivity contribution is -0.385. The maximum atomic E-state index is 14.9. The zero-order chi connectivity index (χ0) is 34.3. The van der Waals surface area contributed by atoms with Gasteiger partial charge in [-0.2, -0.15) is 0 Å². The minimum atomic E-state index is -0.649. The number of non-ortho nitro benzene ring substituents is 1. The third kappa shape index (κ3) is 8.72. The number of rotatable bonds is 12. The summed E-state index contributed by atoms with van der Waals surface area (Å²) in [5.41, 5.74) is 0.428. The molecule has 0 radical (unpaired) electrons. The van der Waals surface area contributed by atoms with Gasteiger partial charge in [0.2, 0.25) is 0 Å². The first-order valence-electron chi connectivity index (χ1n) is 17.3. The van der Waals surface area contributed by atoms with Gasteiger partial charge in [-0.15, -0.1) is 0 Å². The van der Waals surface area contributed by atoms with Crippen molar-refractivity contribution < 1.29 is 32.7 Å². The lowest BCUT2D eigenvalue weighted by atomic mass is 9.92. The molecule has 4 saturated heterocycles. The summed E-state index contributed by atoms with van der Waals surface area (Å²) >= 11 is 0. The number of nitro benzene ring substituents is 1. The van der Waals surface area contributed by atoms with Gasteiger partial charge in [0.15, 0.2) is 12.1 Å². The summed E-state index contributed by atoms with van der Waals surface area (Å²) in [5, 5.41) is 14.0. The number of benzene rings is 2. The fourth-order valence-electron chi connectivity index (χ4n) is 7.30. The number of piperidine rings is 2. The van der Waals surface area contributed by atoms with E-state index >= 15 is 0 Å². The van der Waals surface area contributed by atoms with Gasteiger partial charge >= 0.3 is 0 Å². The van der Waals surface area contributed by atoms with Crippen LogP contribution in [0.4, 0.5) is 25.8 Å². The van der Waals surface area contributed by atoms with Crippen molar-refractivity contribution in [2.75, 3.05) is 83.0 Å². The van der Waals surface area contributed by atoms with Gasteiger partial charge in [0.1, 0.15) is 24.0 Å². The molecule has 1 N–H and O–H groups in total. The Morgan fingerprint density at radius 3 is 2.39 bits per heavy atom. The second-order valence-corrected chi connectivity index (χ2v) is 13.4. The van der Waals surface area contributed by atoms with E-state index < -0.39 is 16.6 Å². The van der Waals surface area contributed by atoms with Crippen LogP contribution in [0.5, 0.6) is 5.75 Å². The van der Waals surface area contributed by atoms with Crippen LogP contribution < -0.4 is 15.0 Å². The van der Waals surface area contributed by atoms with Crippen molar-refractivity contribution in [2.45, 2.75) is 56.7 Å². The molecule has 12 nitrogen and oxygen atoms in total. The van der Waals surface area contributed by atoms with Crippen molar-refractivity contribution in [3.8, 4) is 5.75 Å². The summed E-state index contributed by atoms with van der Waals surface area (Å²) in [4.78, 5) is 33.4. The lowest BCUT2D eigenvalue weighted by Gasteiger charge is -2.52. The van der Waals surface area contributed by atoms with E-state index in [1.807, 2.05) is 4.90 Å². The van der Waals surface area contributed by atoms with Gasteiger partial charge < -0.3 is 24.4 Å². The molecular weight excluding hydrogens is 638 g/mol. The molecule has 14 heteroatoms. The van der Waals surface area contributed by atoms with Crippen molar-refractivity contribution in [3.63, 3.8) is 0 Å². The van der Waals surface area contributed by atoms with Gasteiger partial charge in [0.05, 0.1) is 40.6 Å². The number of ether oxygens (including phenoxy) is 3. The van der Waals surface area contributed by atoms with Gasteiger partial charge in [-0.3, -0.25) is 29.7 Å². The number of carbonyl (C=O) groups is 1. The van der Waals surface area contributed by atoms with Crippen LogP contribution in [-0.4, -0.2) is 118 Å². The number of likely N-dealkylation sites (tertiary alicyclic amines) is 2. The van der Waals surface area contributed by atoms with E-state index in [2.05, 4.69) is 20.1 Å². The summed E-state index contributed by atoms with van der Waals surface area (Å²) in [6.45, 7) is 7.49. The van der Waals surface area contributed by atoms with Gasteiger partial charge in [-0.05, 0) is 63.6 Å². The Morgan fingerprint density at radius 1 is 1.00 bits per heavy atom. The van der Waals surface area contributed by atoms with Crippen molar-refractivity contribution in [3.05, 3.63) is 57.6 Å². The molecule has 0 atom stereocenters. The van der Waals surface area contributed by atoms with E-state index in [0.717, 1.165) is 83.9 Å². The standard InChI is InChI=1S/C35H46F2N6O6/c1-38-35(23-49-28-8-14-47-15-9-28)39-33-18-29(17-31(36)30(33)21-44)48-22-24-4-10-40(11-5-24)27-19-42(20-27)25-6-12-41(13-7-25)34-3-2-26(43(45)46)16-32(34)37/h2-3,16-18,21,24-25,27-28H,4-15,19-20,22-23H2,1H3,(H,38,39). The number of nitrogens with zero attached hydrogens (tertiary/aromatic N) is 5. The maximum absolute atomic E-state index is 14.9. The maximum Gasteiger partial charge on any atom is 0.272 e. The highest BCUT2D eigenvalue weighted by molar-refractivity contribution is 6.00. The molecule has 0 saturated carbocycles. The van der Waals surface area contributed by atoms with Crippen LogP contribution in [0.3, 0.4) is 0 Å². The number of nitro groups is 1. The van der Waals surface area contributed by atoms with E-state index in [9.17, 15) is 23.7 Å². The molecule has 4 heterocycles. The molecule has 0 spiro atoms. The highest BCUT2D eigenvalue weighted by Gasteiger charge is 2.38. The van der Waals surface area contributed by atoms with Crippen molar-refractivity contribution in [2.24, 2.45) is 10.9 Å². The average molecular weight is 685 g/mol. The third-order valence-corrected chi connectivity index (χ3v) is 10.4. The number of aliphatic imine (C=N–C) groups is 1. The molecule has 0 aliphatic carbocycles. The van der Waals surface area contributed by atoms with E-state index in [0.29, 0.717) is 67.1 Å². The molecule has 4 aliphatic rings. The van der Waals surface area contributed by atoms with Crippen molar-refractivity contribution >= 4 is 29.2 Å². The van der Waals surface area contributed by atoms with E-state index in [-0.39, 0.29) is 24.0 Å². The minimum absolute atomic E-state index is 0.0772. The predicted molar refractivity (Wildman–Crippen MR) is 182 cm³/mol. The first kappa shape index (κ1) is 35.1. The Morgan fingerprint density at radius 2 is 1.73 bits per heavy atom. The Kier molecular flexibility index (Phi) is 11.7. The second-order valence-electron chi connectivity index (χ2n) is 13.4. The van der Waals surface area contributed by atoms with Crippen LogP contribution in [0.2, 0.25) is 0 Å². The monoisotopic (exact) mass is 684 g/mol. The van der Waals surface area contributed by atoms with Crippen LogP contribution in [0, 0.1) is 27.7 Å². The van der Waals surface area contributed by atoms with E-state index in [1.165, 1.54) is 18.2 Å². The van der Waals surface area contributed by atoms with Crippen LogP contribution >= 0.6 is 0 Å². The number of carbonyl (C=O) groups excluding carboxylic acids is 1. The Hall–Kier alpha value is -3.72. The Labute approximate surface area is 285 Å². The SMILES string of the molecule is CN=C(COC1CCOCC1)Nc1cc(OCC2CCN(C3CN(C4CCN(c5ccc([N+](=O)[O-])cc5F)CC4)C3)CC2)cc(F)c1C=O. The van der Waals surface area contributed by atoms with Crippen molar-refractivity contribution in [1.82, 2.24) is 9.80 Å². The molecular formula is C35H46F2N6O6. The highest BCUT2D eigenvalue weighted by atomic mass is 19.1. The Balaban J connectivity index is 0.919. The first-order chi connectivity index (χ1) is 23.8. The zero-order valence-electron chi connectivity index (χ0n) is 28.0. The summed E-state index contributed by atoms with van der Waals surface area (Å²) in [7, 11) is 1.62. The molecule has 0 amide bonds. The number of aldehydes is 1. The molecule has 2 aromatic carbocycles. The molecule has 4 aliphatic heterocycles. The summed E-state index contributed by atoms with van der Waals surface area (Å²) in [5.74, 6) is 0.0205. The number of nitrogens with one attached hydrogen (secondary N) is 1. The highest BCUT2D eigenvalue weighted by Crippen LogP contribution is 2.32.